The highest BCUT2D eigenvalue weighted by Crippen LogP contribution is 1.97. The summed E-state index contributed by atoms with van der Waals surface area (Å²) in [7, 11) is 0. The zero-order valence-electron chi connectivity index (χ0n) is 7.39. The second-order valence-electron chi connectivity index (χ2n) is 2.78. The first-order chi connectivity index (χ1) is 6.84. The van der Waals surface area contributed by atoms with Gasteiger partial charge in [-0.1, -0.05) is 35.2 Å². The van der Waals surface area contributed by atoms with Gasteiger partial charge in [-0.3, -0.25) is 5.43 Å². The highest BCUT2D eigenvalue weighted by Gasteiger charge is 1.96. The van der Waals surface area contributed by atoms with Gasteiger partial charge in [-0.05, 0) is 5.56 Å². The standard InChI is InChI=1S/C9H9FN4/c10-9-7-12-14(13-9)11-6-8-4-2-1-3-5-8/h1-5,7,11H,6H2. The Morgan fingerprint density at radius 3 is 2.71 bits per heavy atom. The lowest BCUT2D eigenvalue weighted by Crippen LogP contribution is -2.17. The molecule has 0 fully saturated rings. The van der Waals surface area contributed by atoms with Crippen molar-refractivity contribution in [3.05, 3.63) is 48.0 Å². The Bertz CT molecular complexity index is 398. The molecule has 1 aromatic heterocycles. The van der Waals surface area contributed by atoms with Crippen LogP contribution in [0.1, 0.15) is 5.56 Å². The van der Waals surface area contributed by atoms with Crippen molar-refractivity contribution in [1.29, 1.82) is 0 Å². The van der Waals surface area contributed by atoms with E-state index in [0.29, 0.717) is 6.54 Å². The van der Waals surface area contributed by atoms with Gasteiger partial charge >= 0.3 is 0 Å². The van der Waals surface area contributed by atoms with E-state index >= 15 is 0 Å². The molecule has 0 amide bonds. The molecule has 1 aromatic carbocycles. The van der Waals surface area contributed by atoms with E-state index in [-0.39, 0.29) is 0 Å². The smallest absolute Gasteiger partial charge is 0.254 e. The van der Waals surface area contributed by atoms with Crippen molar-refractivity contribution in [2.75, 3.05) is 5.43 Å². The van der Waals surface area contributed by atoms with Crippen LogP contribution in [-0.4, -0.2) is 15.1 Å². The van der Waals surface area contributed by atoms with Crippen LogP contribution in [0.25, 0.3) is 0 Å². The quantitative estimate of drug-likeness (QED) is 0.793. The van der Waals surface area contributed by atoms with Crippen molar-refractivity contribution in [2.45, 2.75) is 6.54 Å². The number of halogens is 1. The topological polar surface area (TPSA) is 42.7 Å². The molecular formula is C9H9FN4. The molecular weight excluding hydrogens is 183 g/mol. The molecule has 5 heteroatoms. The van der Waals surface area contributed by atoms with E-state index < -0.39 is 5.95 Å². The lowest BCUT2D eigenvalue weighted by atomic mass is 10.2. The van der Waals surface area contributed by atoms with Gasteiger partial charge in [-0.25, -0.2) is 0 Å². The highest BCUT2D eigenvalue weighted by molar-refractivity contribution is 5.15. The summed E-state index contributed by atoms with van der Waals surface area (Å²) < 4.78 is 12.4. The molecule has 2 aromatic rings. The summed E-state index contributed by atoms with van der Waals surface area (Å²) in [4.78, 5) is 1.11. The van der Waals surface area contributed by atoms with Crippen LogP contribution < -0.4 is 5.43 Å². The Kier molecular flexibility index (Phi) is 2.40. The molecule has 14 heavy (non-hydrogen) atoms. The number of nitrogens with zero attached hydrogens (tertiary/aromatic N) is 3. The van der Waals surface area contributed by atoms with Crippen LogP contribution in [0.5, 0.6) is 0 Å². The van der Waals surface area contributed by atoms with Crippen LogP contribution in [0.4, 0.5) is 4.39 Å². The molecule has 0 aliphatic carbocycles. The summed E-state index contributed by atoms with van der Waals surface area (Å²) in [6.07, 6.45) is 1.05. The van der Waals surface area contributed by atoms with Gasteiger partial charge in [0.1, 0.15) is 6.20 Å². The van der Waals surface area contributed by atoms with Crippen molar-refractivity contribution in [1.82, 2.24) is 15.1 Å². The van der Waals surface area contributed by atoms with E-state index in [2.05, 4.69) is 15.6 Å². The first-order valence-corrected chi connectivity index (χ1v) is 4.20. The van der Waals surface area contributed by atoms with Gasteiger partial charge in [0.2, 0.25) is 0 Å². The van der Waals surface area contributed by atoms with E-state index in [4.69, 9.17) is 0 Å². The van der Waals surface area contributed by atoms with Crippen LogP contribution in [0.2, 0.25) is 0 Å². The summed E-state index contributed by atoms with van der Waals surface area (Å²) in [5, 5.41) is 7.10. The lowest BCUT2D eigenvalue weighted by molar-refractivity contribution is 0.539. The van der Waals surface area contributed by atoms with E-state index in [1.807, 2.05) is 30.3 Å². The maximum atomic E-state index is 12.4. The van der Waals surface area contributed by atoms with Gasteiger partial charge in [0.05, 0.1) is 6.54 Å². The van der Waals surface area contributed by atoms with Crippen LogP contribution >= 0.6 is 0 Å². The van der Waals surface area contributed by atoms with Crippen LogP contribution in [0.3, 0.4) is 0 Å². The number of rotatable bonds is 3. The Balaban J connectivity index is 1.95. The van der Waals surface area contributed by atoms with Crippen molar-refractivity contribution < 1.29 is 4.39 Å². The van der Waals surface area contributed by atoms with E-state index in [1.54, 1.807) is 0 Å². The first-order valence-electron chi connectivity index (χ1n) is 4.20. The minimum atomic E-state index is -0.592. The lowest BCUT2D eigenvalue weighted by Gasteiger charge is -2.03. The monoisotopic (exact) mass is 192 g/mol. The number of hydrogen-bond donors (Lipinski definition) is 1. The molecule has 0 saturated carbocycles. The van der Waals surface area contributed by atoms with E-state index in [1.165, 1.54) is 0 Å². The Hall–Kier alpha value is -1.91. The fourth-order valence-corrected chi connectivity index (χ4v) is 1.08. The van der Waals surface area contributed by atoms with Crippen molar-refractivity contribution in [2.24, 2.45) is 0 Å². The minimum absolute atomic E-state index is 0.564. The molecule has 72 valence electrons. The third-order valence-electron chi connectivity index (χ3n) is 1.73. The van der Waals surface area contributed by atoms with Crippen molar-refractivity contribution >= 4 is 0 Å². The van der Waals surface area contributed by atoms with Gasteiger partial charge in [0, 0.05) is 0 Å². The van der Waals surface area contributed by atoms with E-state index in [0.717, 1.165) is 16.7 Å². The third-order valence-corrected chi connectivity index (χ3v) is 1.73. The zero-order chi connectivity index (χ0) is 9.80. The van der Waals surface area contributed by atoms with Gasteiger partial charge in [-0.15, -0.1) is 10.2 Å². The second-order valence-corrected chi connectivity index (χ2v) is 2.78. The third kappa shape index (κ3) is 2.07. The van der Waals surface area contributed by atoms with Crippen LogP contribution in [0.15, 0.2) is 36.5 Å². The fourth-order valence-electron chi connectivity index (χ4n) is 1.08. The van der Waals surface area contributed by atoms with E-state index in [9.17, 15) is 4.39 Å². The molecule has 0 radical (unpaired) electrons. The average Bonchev–Trinajstić information content (AvgIpc) is 2.63. The molecule has 0 bridgehead atoms. The minimum Gasteiger partial charge on any atom is -0.288 e. The van der Waals surface area contributed by atoms with Crippen molar-refractivity contribution in [3.8, 4) is 0 Å². The second kappa shape index (κ2) is 3.87. The Morgan fingerprint density at radius 1 is 1.29 bits per heavy atom. The predicted molar refractivity (Wildman–Crippen MR) is 49.5 cm³/mol. The molecule has 2 rings (SSSR count). The molecule has 0 saturated heterocycles. The summed E-state index contributed by atoms with van der Waals surface area (Å²) in [6.45, 7) is 0.564. The van der Waals surface area contributed by atoms with Crippen LogP contribution in [-0.2, 0) is 6.54 Å². The molecule has 0 aliphatic heterocycles. The molecule has 0 spiro atoms. The maximum absolute atomic E-state index is 12.4. The molecule has 4 nitrogen and oxygen atoms in total. The van der Waals surface area contributed by atoms with Crippen LogP contribution in [0, 0.1) is 5.95 Å². The Labute approximate surface area is 80.3 Å². The first kappa shape index (κ1) is 8.68. The normalized spacial score (nSPS) is 10.1. The number of hydrogen-bond acceptors (Lipinski definition) is 3. The number of aromatic nitrogens is 3. The van der Waals surface area contributed by atoms with Crippen molar-refractivity contribution in [3.63, 3.8) is 0 Å². The summed E-state index contributed by atoms with van der Waals surface area (Å²) in [5.41, 5.74) is 3.92. The average molecular weight is 192 g/mol. The maximum Gasteiger partial charge on any atom is 0.254 e. The zero-order valence-corrected chi connectivity index (χ0v) is 7.39. The summed E-state index contributed by atoms with van der Waals surface area (Å²) in [6, 6.07) is 9.75. The molecule has 0 atom stereocenters. The molecule has 1 N–H and O–H groups in total. The highest BCUT2D eigenvalue weighted by atomic mass is 19.1. The van der Waals surface area contributed by atoms with Gasteiger partial charge < -0.3 is 0 Å². The summed E-state index contributed by atoms with van der Waals surface area (Å²) >= 11 is 0. The molecule has 0 unspecified atom stereocenters. The Morgan fingerprint density at radius 2 is 2.07 bits per heavy atom. The predicted octanol–water partition coefficient (Wildman–Crippen LogP) is 1.16. The van der Waals surface area contributed by atoms with Gasteiger partial charge in [0.25, 0.3) is 5.95 Å². The largest absolute Gasteiger partial charge is 0.288 e. The number of nitrogens with one attached hydrogen (secondary N) is 1. The van der Waals surface area contributed by atoms with Gasteiger partial charge in [0.15, 0.2) is 0 Å². The fraction of sp³-hybridized carbons (Fsp3) is 0.111. The summed E-state index contributed by atoms with van der Waals surface area (Å²) in [5.74, 6) is -0.592. The molecule has 0 aliphatic rings. The number of benzene rings is 1. The molecule has 1 heterocycles. The van der Waals surface area contributed by atoms with Gasteiger partial charge in [-0.2, -0.15) is 4.39 Å². The SMILES string of the molecule is Fc1cnn(NCc2ccccc2)n1.